The average Bonchev–Trinajstić information content (AvgIpc) is 3.20. The summed E-state index contributed by atoms with van der Waals surface area (Å²) in [5.74, 6) is 0.677. The average molecular weight is 607 g/mol. The van der Waals surface area contributed by atoms with E-state index in [9.17, 15) is 19.8 Å². The molecular weight excluding hydrogens is 562 g/mol. The summed E-state index contributed by atoms with van der Waals surface area (Å²) < 4.78 is 0. The second-order valence-corrected chi connectivity index (χ2v) is 20.2. The summed E-state index contributed by atoms with van der Waals surface area (Å²) in [7, 11) is 0. The number of aliphatic hydroxyl groups is 2. The first-order valence-electron chi connectivity index (χ1n) is 12.8. The van der Waals surface area contributed by atoms with E-state index in [0.717, 1.165) is 25.7 Å². The van der Waals surface area contributed by atoms with Crippen molar-refractivity contribution >= 4 is 38.1 Å². The fourth-order valence-corrected chi connectivity index (χ4v) is 22.7. The van der Waals surface area contributed by atoms with E-state index in [1.54, 1.807) is 0 Å². The third-order valence-corrected chi connectivity index (χ3v) is 21.5. The number of hydrogen-bond acceptors (Lipinski definition) is 4. The SMILES string of the molecule is CC(=O)NCC1(O)C([Se][Se]C2C3CC[C@](C)(C3(C)C)C2(O)CNC(C)=O)C2CC[C@]1(C)C2(C)C. The molecule has 8 atom stereocenters. The summed E-state index contributed by atoms with van der Waals surface area (Å²) in [5.41, 5.74) is -2.28. The van der Waals surface area contributed by atoms with Crippen molar-refractivity contribution in [1.82, 2.24) is 10.6 Å². The molecule has 34 heavy (non-hydrogen) atoms. The summed E-state index contributed by atoms with van der Waals surface area (Å²) in [5, 5.41) is 30.4. The first-order valence-corrected chi connectivity index (χ1v) is 19.1. The molecule has 0 heterocycles. The molecule has 0 radical (unpaired) electrons. The van der Waals surface area contributed by atoms with Crippen LogP contribution in [0.15, 0.2) is 0 Å². The van der Waals surface area contributed by atoms with Gasteiger partial charge >= 0.3 is 217 Å². The van der Waals surface area contributed by atoms with E-state index in [2.05, 4.69) is 52.2 Å². The van der Waals surface area contributed by atoms with Crippen LogP contribution in [0.5, 0.6) is 0 Å². The topological polar surface area (TPSA) is 98.7 Å². The van der Waals surface area contributed by atoms with Crippen molar-refractivity contribution in [2.24, 2.45) is 33.5 Å². The molecule has 4 rings (SSSR count). The van der Waals surface area contributed by atoms with Crippen LogP contribution in [0, 0.1) is 33.5 Å². The van der Waals surface area contributed by atoms with Crippen molar-refractivity contribution in [1.29, 1.82) is 0 Å². The Morgan fingerprint density at radius 2 is 1.06 bits per heavy atom. The molecule has 2 amide bonds. The Hall–Kier alpha value is -0.101. The minimum atomic E-state index is -0.917. The van der Waals surface area contributed by atoms with Crippen molar-refractivity contribution in [3.8, 4) is 0 Å². The molecule has 4 bridgehead atoms. The van der Waals surface area contributed by atoms with Crippen LogP contribution in [0.2, 0.25) is 9.63 Å². The fraction of sp³-hybridized carbons (Fsp3) is 0.923. The van der Waals surface area contributed by atoms with Gasteiger partial charge in [-0.15, -0.1) is 0 Å². The number of nitrogens with one attached hydrogen (secondary N) is 2. The molecule has 6 unspecified atom stereocenters. The van der Waals surface area contributed by atoms with E-state index in [1.165, 1.54) is 13.8 Å². The van der Waals surface area contributed by atoms with Crippen LogP contribution in [-0.4, -0.2) is 72.6 Å². The second-order valence-electron chi connectivity index (χ2n) is 13.1. The van der Waals surface area contributed by atoms with Crippen molar-refractivity contribution < 1.29 is 19.8 Å². The van der Waals surface area contributed by atoms with E-state index < -0.39 is 11.2 Å². The Morgan fingerprint density at radius 1 is 0.735 bits per heavy atom. The molecule has 0 saturated heterocycles. The van der Waals surface area contributed by atoms with Crippen LogP contribution >= 0.6 is 0 Å². The van der Waals surface area contributed by atoms with E-state index in [4.69, 9.17) is 0 Å². The maximum atomic E-state index is 12.2. The predicted octanol–water partition coefficient (Wildman–Crippen LogP) is 2.53. The first-order chi connectivity index (χ1) is 15.5. The monoisotopic (exact) mass is 608 g/mol. The summed E-state index contributed by atoms with van der Waals surface area (Å²) >= 11 is 0.318. The molecule has 0 aliphatic heterocycles. The normalized spacial score (nSPS) is 47.7. The van der Waals surface area contributed by atoms with Gasteiger partial charge in [0.15, 0.2) is 0 Å². The second kappa shape index (κ2) is 8.20. The molecular formula is C26H44N2O4Se2. The molecule has 0 spiro atoms. The number of hydrogen-bond donors (Lipinski definition) is 4. The predicted molar refractivity (Wildman–Crippen MR) is 135 cm³/mol. The zero-order valence-corrected chi connectivity index (χ0v) is 25.5. The van der Waals surface area contributed by atoms with Gasteiger partial charge in [-0.1, -0.05) is 0 Å². The Balaban J connectivity index is 1.63. The van der Waals surface area contributed by atoms with Gasteiger partial charge in [0.2, 0.25) is 0 Å². The van der Waals surface area contributed by atoms with Crippen molar-refractivity contribution in [3.63, 3.8) is 0 Å². The van der Waals surface area contributed by atoms with Gasteiger partial charge in [0, 0.05) is 0 Å². The van der Waals surface area contributed by atoms with Gasteiger partial charge in [-0.2, -0.15) is 0 Å². The van der Waals surface area contributed by atoms with Crippen LogP contribution in [0.4, 0.5) is 0 Å². The zero-order valence-electron chi connectivity index (χ0n) is 22.1. The Bertz CT molecular complexity index is 811. The van der Waals surface area contributed by atoms with Gasteiger partial charge in [0.25, 0.3) is 0 Å². The molecule has 4 aliphatic rings. The number of carbonyl (C=O) groups is 2. The Morgan fingerprint density at radius 3 is 1.35 bits per heavy atom. The van der Waals surface area contributed by atoms with Crippen molar-refractivity contribution in [2.75, 3.05) is 13.1 Å². The Kier molecular flexibility index (Phi) is 6.50. The van der Waals surface area contributed by atoms with Crippen LogP contribution in [0.25, 0.3) is 0 Å². The number of carbonyl (C=O) groups excluding carboxylic acids is 2. The standard InChI is InChI=1S/C26H44N2O4Se2/c1-15(29)27-13-25(31)19(17-9-11-23(25,7)21(17,3)4)33-34-20-18-10-12-24(8,22(18,5)6)26(20,32)14-28-16(2)30/h17-20,31-32H,9-14H2,1-8H3,(H,27,29)(H,28,30)/t17?,18?,19?,20?,23-,24-,25?,26?/m1/s1. The molecule has 4 fully saturated rings. The van der Waals surface area contributed by atoms with E-state index >= 15 is 0 Å². The summed E-state index contributed by atoms with van der Waals surface area (Å²) in [6.45, 7) is 17.4. The molecule has 6 nitrogen and oxygen atoms in total. The van der Waals surface area contributed by atoms with Gasteiger partial charge < -0.3 is 0 Å². The minimum absolute atomic E-state index is 0.00906. The van der Waals surface area contributed by atoms with Crippen LogP contribution in [0.3, 0.4) is 0 Å². The maximum absolute atomic E-state index is 12.2. The molecule has 8 heteroatoms. The van der Waals surface area contributed by atoms with Crippen LogP contribution in [0.1, 0.15) is 81.1 Å². The zero-order chi connectivity index (χ0) is 25.5. The van der Waals surface area contributed by atoms with Gasteiger partial charge in [0.05, 0.1) is 0 Å². The van der Waals surface area contributed by atoms with Gasteiger partial charge in [-0.05, 0) is 0 Å². The van der Waals surface area contributed by atoms with Crippen LogP contribution < -0.4 is 10.6 Å². The molecule has 194 valence electrons. The first kappa shape index (κ1) is 26.9. The summed E-state index contributed by atoms with van der Waals surface area (Å²) in [6, 6.07) is 0. The third-order valence-electron chi connectivity index (χ3n) is 11.7. The number of amides is 2. The van der Waals surface area contributed by atoms with Gasteiger partial charge in [0.1, 0.15) is 0 Å². The van der Waals surface area contributed by atoms with Gasteiger partial charge in [-0.3, -0.25) is 0 Å². The van der Waals surface area contributed by atoms with Crippen LogP contribution in [-0.2, 0) is 9.59 Å². The molecule has 0 aromatic heterocycles. The molecule has 4 aliphatic carbocycles. The third kappa shape index (κ3) is 3.24. The van der Waals surface area contributed by atoms with E-state index in [0.29, 0.717) is 24.9 Å². The Labute approximate surface area is 216 Å². The van der Waals surface area contributed by atoms with Crippen molar-refractivity contribution in [2.45, 2.75) is 102 Å². The summed E-state index contributed by atoms with van der Waals surface area (Å²) in [4.78, 5) is 24.0. The molecule has 4 saturated carbocycles. The summed E-state index contributed by atoms with van der Waals surface area (Å²) in [6.07, 6.45) is 4.23. The molecule has 0 aromatic rings. The van der Waals surface area contributed by atoms with Gasteiger partial charge in [-0.25, -0.2) is 0 Å². The molecule has 0 aromatic carbocycles. The van der Waals surface area contributed by atoms with E-state index in [-0.39, 0.29) is 69.4 Å². The number of rotatable bonds is 7. The van der Waals surface area contributed by atoms with E-state index in [1.807, 2.05) is 0 Å². The number of fused-ring (bicyclic) bond motifs is 4. The van der Waals surface area contributed by atoms with Crippen molar-refractivity contribution in [3.05, 3.63) is 0 Å². The quantitative estimate of drug-likeness (QED) is 0.335. The molecule has 4 N–H and O–H groups in total. The fourth-order valence-electron chi connectivity index (χ4n) is 8.50.